The van der Waals surface area contributed by atoms with E-state index in [2.05, 4.69) is 28.4 Å². The molecule has 194 valence electrons. The molecule has 0 atom stereocenters. The molecule has 0 fully saturated rings. The quantitative estimate of drug-likeness (QED) is 0.217. The van der Waals surface area contributed by atoms with Crippen LogP contribution in [0.1, 0.15) is 27.8 Å². The molecule has 0 amide bonds. The summed E-state index contributed by atoms with van der Waals surface area (Å²) >= 11 is 0. The third kappa shape index (κ3) is 5.25. The molecule has 4 aromatic carbocycles. The standard InChI is InChI=1S/C32H28F3NO2/c1-21-9-7-8-12-24(21)19-36-20-25(29-18-26(37-3)13-15-30(29)36)17-28-22(2)27(23-10-5-4-6-11-23)14-16-31(28)38-32(33,34)35/h4-16,18,20H,17,19H2,1-3H3. The van der Waals surface area contributed by atoms with E-state index in [0.29, 0.717) is 17.9 Å². The van der Waals surface area contributed by atoms with E-state index in [4.69, 9.17) is 4.74 Å². The number of benzene rings is 4. The number of rotatable bonds is 7. The summed E-state index contributed by atoms with van der Waals surface area (Å²) in [6.45, 7) is 4.57. The lowest BCUT2D eigenvalue weighted by Gasteiger charge is -2.18. The Kier molecular flexibility index (Phi) is 6.89. The Morgan fingerprint density at radius 2 is 1.55 bits per heavy atom. The fourth-order valence-corrected chi connectivity index (χ4v) is 5.01. The third-order valence-electron chi connectivity index (χ3n) is 7.01. The third-order valence-corrected chi connectivity index (χ3v) is 7.01. The van der Waals surface area contributed by atoms with Gasteiger partial charge in [0.05, 0.1) is 7.11 Å². The molecule has 5 rings (SSSR count). The van der Waals surface area contributed by atoms with Crippen LogP contribution in [0.4, 0.5) is 13.2 Å². The molecule has 0 unspecified atom stereocenters. The number of aromatic nitrogens is 1. The van der Waals surface area contributed by atoms with Crippen LogP contribution in [-0.2, 0) is 13.0 Å². The SMILES string of the molecule is COc1ccc2c(c1)c(Cc1c(OC(F)(F)F)ccc(-c3ccccc3)c1C)cn2Cc1ccccc1C. The molecule has 0 aliphatic carbocycles. The van der Waals surface area contributed by atoms with Gasteiger partial charge in [0.15, 0.2) is 0 Å². The van der Waals surface area contributed by atoms with Gasteiger partial charge in [-0.25, -0.2) is 0 Å². The van der Waals surface area contributed by atoms with Crippen molar-refractivity contribution in [3.05, 3.63) is 119 Å². The summed E-state index contributed by atoms with van der Waals surface area (Å²) in [4.78, 5) is 0. The minimum atomic E-state index is -4.79. The Balaban J connectivity index is 1.65. The van der Waals surface area contributed by atoms with E-state index >= 15 is 0 Å². The topological polar surface area (TPSA) is 23.4 Å². The Morgan fingerprint density at radius 1 is 0.816 bits per heavy atom. The minimum absolute atomic E-state index is 0.183. The van der Waals surface area contributed by atoms with Crippen molar-refractivity contribution in [2.75, 3.05) is 7.11 Å². The smallest absolute Gasteiger partial charge is 0.497 e. The zero-order valence-corrected chi connectivity index (χ0v) is 21.5. The van der Waals surface area contributed by atoms with Crippen LogP contribution in [0, 0.1) is 13.8 Å². The number of methoxy groups -OCH3 is 1. The minimum Gasteiger partial charge on any atom is -0.497 e. The molecule has 5 aromatic rings. The predicted molar refractivity (Wildman–Crippen MR) is 145 cm³/mol. The lowest BCUT2D eigenvalue weighted by Crippen LogP contribution is -2.18. The number of aryl methyl sites for hydroxylation is 1. The van der Waals surface area contributed by atoms with Crippen LogP contribution in [-0.4, -0.2) is 18.0 Å². The number of hydrogen-bond donors (Lipinski definition) is 0. The average Bonchev–Trinajstić information content (AvgIpc) is 3.23. The van der Waals surface area contributed by atoms with Gasteiger partial charge in [-0.05, 0) is 71.5 Å². The van der Waals surface area contributed by atoms with Crippen LogP contribution in [0.5, 0.6) is 11.5 Å². The Labute approximate surface area is 220 Å². The molecule has 38 heavy (non-hydrogen) atoms. The van der Waals surface area contributed by atoms with Gasteiger partial charge in [-0.3, -0.25) is 0 Å². The molecule has 1 aromatic heterocycles. The van der Waals surface area contributed by atoms with Crippen molar-refractivity contribution in [1.29, 1.82) is 0 Å². The first kappa shape index (κ1) is 25.5. The summed E-state index contributed by atoms with van der Waals surface area (Å²) in [5.74, 6) is 0.506. The van der Waals surface area contributed by atoms with Gasteiger partial charge in [-0.15, -0.1) is 13.2 Å². The first-order valence-corrected chi connectivity index (χ1v) is 12.4. The van der Waals surface area contributed by atoms with Gasteiger partial charge in [0.25, 0.3) is 0 Å². The van der Waals surface area contributed by atoms with Crippen LogP contribution < -0.4 is 9.47 Å². The molecule has 0 saturated carbocycles. The summed E-state index contributed by atoms with van der Waals surface area (Å²) in [6, 6.07) is 26.8. The van der Waals surface area contributed by atoms with Crippen molar-refractivity contribution in [2.24, 2.45) is 0 Å². The molecule has 0 saturated heterocycles. The van der Waals surface area contributed by atoms with E-state index in [-0.39, 0.29) is 12.2 Å². The Morgan fingerprint density at radius 3 is 2.26 bits per heavy atom. The number of alkyl halides is 3. The van der Waals surface area contributed by atoms with Crippen molar-refractivity contribution < 1.29 is 22.6 Å². The van der Waals surface area contributed by atoms with Gasteiger partial charge in [0, 0.05) is 35.6 Å². The second-order valence-electron chi connectivity index (χ2n) is 9.40. The number of halogens is 3. The fraction of sp³-hybridized carbons (Fsp3) is 0.188. The van der Waals surface area contributed by atoms with Crippen LogP contribution >= 0.6 is 0 Å². The average molecular weight is 516 g/mol. The lowest BCUT2D eigenvalue weighted by atomic mass is 9.92. The summed E-state index contributed by atoms with van der Waals surface area (Å²) in [5.41, 5.74) is 7.30. The van der Waals surface area contributed by atoms with E-state index in [1.165, 1.54) is 17.2 Å². The number of nitrogens with zero attached hydrogens (tertiary/aromatic N) is 1. The summed E-state index contributed by atoms with van der Waals surface area (Å²) in [7, 11) is 1.61. The van der Waals surface area contributed by atoms with Crippen molar-refractivity contribution in [3.63, 3.8) is 0 Å². The molecule has 1 heterocycles. The molecule has 0 bridgehead atoms. The van der Waals surface area contributed by atoms with Crippen LogP contribution in [0.15, 0.2) is 91.1 Å². The van der Waals surface area contributed by atoms with Crippen molar-refractivity contribution in [2.45, 2.75) is 33.2 Å². The van der Waals surface area contributed by atoms with Gasteiger partial charge in [-0.2, -0.15) is 0 Å². The summed E-state index contributed by atoms with van der Waals surface area (Å²) < 4.78 is 52.4. The second-order valence-corrected chi connectivity index (χ2v) is 9.40. The van der Waals surface area contributed by atoms with E-state index in [1.807, 2.05) is 73.8 Å². The van der Waals surface area contributed by atoms with Gasteiger partial charge < -0.3 is 14.0 Å². The Bertz CT molecular complexity index is 1590. The highest BCUT2D eigenvalue weighted by Crippen LogP contribution is 2.38. The summed E-state index contributed by atoms with van der Waals surface area (Å²) in [5, 5.41) is 0.931. The molecule has 0 radical (unpaired) electrons. The van der Waals surface area contributed by atoms with E-state index < -0.39 is 6.36 Å². The largest absolute Gasteiger partial charge is 0.573 e. The highest BCUT2D eigenvalue weighted by atomic mass is 19.4. The molecule has 0 N–H and O–H groups in total. The number of hydrogen-bond acceptors (Lipinski definition) is 2. The molecule has 0 aliphatic rings. The highest BCUT2D eigenvalue weighted by Gasteiger charge is 2.33. The maximum Gasteiger partial charge on any atom is 0.573 e. The van der Waals surface area contributed by atoms with Crippen LogP contribution in [0.3, 0.4) is 0 Å². The second kappa shape index (κ2) is 10.3. The van der Waals surface area contributed by atoms with Gasteiger partial charge >= 0.3 is 6.36 Å². The molecule has 0 aliphatic heterocycles. The first-order chi connectivity index (χ1) is 18.2. The highest BCUT2D eigenvalue weighted by molar-refractivity contribution is 5.86. The zero-order valence-electron chi connectivity index (χ0n) is 21.5. The normalized spacial score (nSPS) is 11.6. The van der Waals surface area contributed by atoms with Crippen molar-refractivity contribution in [3.8, 4) is 22.6 Å². The van der Waals surface area contributed by atoms with Crippen LogP contribution in [0.2, 0.25) is 0 Å². The van der Waals surface area contributed by atoms with Crippen LogP contribution in [0.25, 0.3) is 22.0 Å². The van der Waals surface area contributed by atoms with Gasteiger partial charge in [-0.1, -0.05) is 60.7 Å². The van der Waals surface area contributed by atoms with Crippen molar-refractivity contribution >= 4 is 10.9 Å². The van der Waals surface area contributed by atoms with E-state index in [0.717, 1.165) is 33.2 Å². The van der Waals surface area contributed by atoms with E-state index in [1.54, 1.807) is 13.2 Å². The van der Waals surface area contributed by atoms with Crippen molar-refractivity contribution in [1.82, 2.24) is 4.57 Å². The number of fused-ring (bicyclic) bond motifs is 1. The predicted octanol–water partition coefficient (Wildman–Crippen LogP) is 8.47. The molecule has 0 spiro atoms. The molecular formula is C32H28F3NO2. The molecular weight excluding hydrogens is 487 g/mol. The summed E-state index contributed by atoms with van der Waals surface area (Å²) in [6.07, 6.45) is -2.50. The lowest BCUT2D eigenvalue weighted by molar-refractivity contribution is -0.274. The number of ether oxygens (including phenoxy) is 2. The molecule has 3 nitrogen and oxygen atoms in total. The van der Waals surface area contributed by atoms with Gasteiger partial charge in [0.2, 0.25) is 0 Å². The zero-order chi connectivity index (χ0) is 26.9. The maximum atomic E-state index is 13.4. The monoisotopic (exact) mass is 515 g/mol. The fourth-order valence-electron chi connectivity index (χ4n) is 5.01. The van der Waals surface area contributed by atoms with E-state index in [9.17, 15) is 13.2 Å². The van der Waals surface area contributed by atoms with Gasteiger partial charge in [0.1, 0.15) is 11.5 Å². The maximum absolute atomic E-state index is 13.4. The Hall–Kier alpha value is -4.19. The first-order valence-electron chi connectivity index (χ1n) is 12.4. The molecule has 6 heteroatoms.